The summed E-state index contributed by atoms with van der Waals surface area (Å²) in [6.07, 6.45) is 8.86. The normalized spacial score (nSPS) is 16.8. The maximum absolute atomic E-state index is 14.0. The number of hydrogen-bond acceptors (Lipinski definition) is 8. The number of fused-ring (bicyclic) bond motifs is 1. The SMILES string of the molecule is CC1=CC(OC2=C(F)CCC=C2)NC=C1n1ncc(C(=O)c2cc3cc(C)c(NSc4cccc(F)n4)cc3[nH]2)n1. The lowest BCUT2D eigenvalue weighted by atomic mass is 10.1. The van der Waals surface area contributed by atoms with Gasteiger partial charge in [-0.1, -0.05) is 12.1 Å². The fourth-order valence-electron chi connectivity index (χ4n) is 4.47. The molecule has 1 aliphatic carbocycles. The number of H-pyrrole nitrogens is 1. The Morgan fingerprint density at radius 1 is 1.22 bits per heavy atom. The second-order valence-electron chi connectivity index (χ2n) is 9.58. The zero-order chi connectivity index (χ0) is 28.5. The summed E-state index contributed by atoms with van der Waals surface area (Å²) in [6.45, 7) is 3.81. The lowest BCUT2D eigenvalue weighted by Crippen LogP contribution is -2.30. The zero-order valence-corrected chi connectivity index (χ0v) is 22.9. The lowest BCUT2D eigenvalue weighted by Gasteiger charge is -2.23. The van der Waals surface area contributed by atoms with Gasteiger partial charge >= 0.3 is 0 Å². The van der Waals surface area contributed by atoms with Crippen molar-refractivity contribution >= 4 is 40.0 Å². The number of benzene rings is 1. The summed E-state index contributed by atoms with van der Waals surface area (Å²) in [6, 6.07) is 10.2. The van der Waals surface area contributed by atoms with Crippen molar-refractivity contribution in [1.82, 2.24) is 30.3 Å². The van der Waals surface area contributed by atoms with Crippen LogP contribution < -0.4 is 10.0 Å². The van der Waals surface area contributed by atoms with Crippen LogP contribution in [0.4, 0.5) is 14.5 Å². The third-order valence-electron chi connectivity index (χ3n) is 6.62. The Labute approximate surface area is 238 Å². The molecule has 0 amide bonds. The van der Waals surface area contributed by atoms with Crippen molar-refractivity contribution in [2.75, 3.05) is 4.72 Å². The molecule has 0 spiro atoms. The minimum Gasteiger partial charge on any atom is -0.464 e. The van der Waals surface area contributed by atoms with Crippen LogP contribution in [0.25, 0.3) is 16.6 Å². The lowest BCUT2D eigenvalue weighted by molar-refractivity contribution is 0.103. The predicted octanol–water partition coefficient (Wildman–Crippen LogP) is 6.17. The van der Waals surface area contributed by atoms with Crippen molar-refractivity contribution in [2.45, 2.75) is 37.9 Å². The summed E-state index contributed by atoms with van der Waals surface area (Å²) >= 11 is 1.20. The van der Waals surface area contributed by atoms with Gasteiger partial charge in [-0.2, -0.15) is 9.49 Å². The van der Waals surface area contributed by atoms with E-state index in [0.717, 1.165) is 27.7 Å². The number of aryl methyl sites for hydroxylation is 1. The molecule has 1 atom stereocenters. The van der Waals surface area contributed by atoms with E-state index in [9.17, 15) is 13.6 Å². The smallest absolute Gasteiger partial charge is 0.231 e. The number of halogens is 2. The molecule has 0 bridgehead atoms. The molecule has 3 aromatic heterocycles. The Kier molecular flexibility index (Phi) is 7.14. The number of pyridine rings is 1. The summed E-state index contributed by atoms with van der Waals surface area (Å²) in [5.41, 5.74) is 4.49. The molecule has 1 aromatic carbocycles. The molecule has 0 radical (unpaired) electrons. The fourth-order valence-corrected chi connectivity index (χ4v) is 5.19. The summed E-state index contributed by atoms with van der Waals surface area (Å²) in [4.78, 5) is 21.7. The van der Waals surface area contributed by atoms with Crippen LogP contribution >= 0.6 is 11.9 Å². The molecule has 6 rings (SSSR count). The van der Waals surface area contributed by atoms with Gasteiger partial charge in [-0.25, -0.2) is 9.37 Å². The molecule has 12 heteroatoms. The van der Waals surface area contributed by atoms with Crippen LogP contribution in [0.1, 0.15) is 41.5 Å². The van der Waals surface area contributed by atoms with E-state index in [1.807, 2.05) is 32.1 Å². The van der Waals surface area contributed by atoms with Crippen molar-refractivity contribution < 1.29 is 18.3 Å². The van der Waals surface area contributed by atoms with Gasteiger partial charge in [-0.3, -0.25) is 4.79 Å². The third kappa shape index (κ3) is 5.64. The Morgan fingerprint density at radius 3 is 2.90 bits per heavy atom. The van der Waals surface area contributed by atoms with Gasteiger partial charge in [0.15, 0.2) is 17.7 Å². The van der Waals surface area contributed by atoms with Crippen LogP contribution in [-0.2, 0) is 4.74 Å². The second kappa shape index (κ2) is 11.0. The molecule has 3 N–H and O–H groups in total. The maximum atomic E-state index is 14.0. The number of anilines is 1. The first-order chi connectivity index (χ1) is 19.8. The summed E-state index contributed by atoms with van der Waals surface area (Å²) in [5, 5.41) is 13.1. The quantitative estimate of drug-likeness (QED) is 0.130. The molecule has 1 unspecified atom stereocenters. The number of dihydropyridines is 1. The van der Waals surface area contributed by atoms with Crippen molar-refractivity contribution in [3.05, 3.63) is 107 Å². The molecule has 0 saturated heterocycles. The highest BCUT2D eigenvalue weighted by atomic mass is 32.2. The summed E-state index contributed by atoms with van der Waals surface area (Å²) in [7, 11) is 0. The maximum Gasteiger partial charge on any atom is 0.231 e. The molecule has 208 valence electrons. The molecular weight excluding hydrogens is 548 g/mol. The molecule has 0 saturated carbocycles. The number of aromatic amines is 1. The number of nitrogens with zero attached hydrogens (tertiary/aromatic N) is 4. The van der Waals surface area contributed by atoms with E-state index >= 15 is 0 Å². The highest BCUT2D eigenvalue weighted by Gasteiger charge is 2.22. The molecular formula is C29H25F2N7O2S. The van der Waals surface area contributed by atoms with Gasteiger partial charge in [0.2, 0.25) is 11.7 Å². The van der Waals surface area contributed by atoms with E-state index < -0.39 is 12.2 Å². The highest BCUT2D eigenvalue weighted by molar-refractivity contribution is 8.00. The molecule has 41 heavy (non-hydrogen) atoms. The van der Waals surface area contributed by atoms with Crippen molar-refractivity contribution in [1.29, 1.82) is 0 Å². The van der Waals surface area contributed by atoms with Gasteiger partial charge in [0.25, 0.3) is 0 Å². The van der Waals surface area contributed by atoms with E-state index in [2.05, 4.69) is 30.2 Å². The number of ketones is 1. The predicted molar refractivity (Wildman–Crippen MR) is 153 cm³/mol. The first-order valence-corrected chi connectivity index (χ1v) is 13.7. The minimum absolute atomic E-state index is 0.172. The summed E-state index contributed by atoms with van der Waals surface area (Å²) in [5.74, 6) is -0.905. The molecule has 2 aliphatic rings. The average molecular weight is 574 g/mol. The van der Waals surface area contributed by atoms with Gasteiger partial charge < -0.3 is 19.8 Å². The van der Waals surface area contributed by atoms with Gasteiger partial charge in [0, 0.05) is 41.2 Å². The Hall–Kier alpha value is -4.71. The van der Waals surface area contributed by atoms with Gasteiger partial charge in [0.1, 0.15) is 16.5 Å². The van der Waals surface area contributed by atoms with Crippen LogP contribution in [-0.4, -0.2) is 37.0 Å². The number of allylic oxidation sites excluding steroid dienone is 5. The van der Waals surface area contributed by atoms with Crippen molar-refractivity contribution in [3.63, 3.8) is 0 Å². The van der Waals surface area contributed by atoms with E-state index in [1.165, 1.54) is 29.0 Å². The average Bonchev–Trinajstić information content (AvgIpc) is 3.60. The first-order valence-electron chi connectivity index (χ1n) is 12.9. The van der Waals surface area contributed by atoms with Crippen LogP contribution in [0.15, 0.2) is 89.2 Å². The van der Waals surface area contributed by atoms with E-state index in [-0.39, 0.29) is 23.1 Å². The van der Waals surface area contributed by atoms with Gasteiger partial charge in [0.05, 0.1) is 11.9 Å². The molecule has 4 aromatic rings. The molecule has 0 fully saturated rings. The van der Waals surface area contributed by atoms with Gasteiger partial charge in [-0.05, 0) is 73.9 Å². The molecule has 9 nitrogen and oxygen atoms in total. The third-order valence-corrected chi connectivity index (χ3v) is 7.37. The van der Waals surface area contributed by atoms with Crippen LogP contribution in [0.5, 0.6) is 0 Å². The van der Waals surface area contributed by atoms with E-state index in [1.54, 1.807) is 36.6 Å². The number of hydrogen-bond donors (Lipinski definition) is 3. The number of rotatable bonds is 8. The van der Waals surface area contributed by atoms with Gasteiger partial charge in [-0.15, -0.1) is 9.90 Å². The van der Waals surface area contributed by atoms with Crippen LogP contribution in [0.2, 0.25) is 0 Å². The van der Waals surface area contributed by atoms with E-state index in [4.69, 9.17) is 4.74 Å². The molecule has 1 aliphatic heterocycles. The fraction of sp³-hybridized carbons (Fsp3) is 0.172. The number of ether oxygens (including phenoxy) is 1. The topological polar surface area (TPSA) is 110 Å². The highest BCUT2D eigenvalue weighted by Crippen LogP contribution is 2.29. The standard InChI is InChI=1S/C29H25F2N7O2S/c1-16-10-18-12-22(34-21(18)13-20(16)37-41-28-9-5-8-26(31)35-28)29(39)23-14-33-38(36-23)24-15-32-27(11-17(24)2)40-25-7-4-3-6-19(25)30/h4-5,7-15,27,32,34,37H,3,6H2,1-2H3. The number of carbonyl (C=O) groups is 1. The van der Waals surface area contributed by atoms with Crippen LogP contribution in [0.3, 0.4) is 0 Å². The second-order valence-corrected chi connectivity index (χ2v) is 10.4. The first kappa shape index (κ1) is 26.5. The summed E-state index contributed by atoms with van der Waals surface area (Å²) < 4.78 is 36.4. The Bertz CT molecular complexity index is 1790. The Morgan fingerprint density at radius 2 is 2.10 bits per heavy atom. The monoisotopic (exact) mass is 573 g/mol. The largest absolute Gasteiger partial charge is 0.464 e. The van der Waals surface area contributed by atoms with E-state index in [0.29, 0.717) is 29.3 Å². The minimum atomic E-state index is -0.546. The van der Waals surface area contributed by atoms with Crippen molar-refractivity contribution in [2.24, 2.45) is 0 Å². The van der Waals surface area contributed by atoms with Crippen molar-refractivity contribution in [3.8, 4) is 0 Å². The van der Waals surface area contributed by atoms with Crippen LogP contribution in [0, 0.1) is 12.9 Å². The zero-order valence-electron chi connectivity index (χ0n) is 22.1. The number of nitrogens with one attached hydrogen (secondary N) is 3. The Balaban J connectivity index is 1.16. The number of aromatic nitrogens is 5. The number of carbonyl (C=O) groups excluding carboxylic acids is 1. The molecule has 4 heterocycles.